The Kier molecular flexibility index (Phi) is 3.54. The van der Waals surface area contributed by atoms with Crippen molar-refractivity contribution < 1.29 is 13.5 Å². The van der Waals surface area contributed by atoms with E-state index >= 15 is 0 Å². The van der Waals surface area contributed by atoms with Crippen molar-refractivity contribution in [2.45, 2.75) is 56.8 Å². The van der Waals surface area contributed by atoms with Gasteiger partial charge in [-0.25, -0.2) is 12.7 Å². The minimum absolute atomic E-state index is 0.138. The van der Waals surface area contributed by atoms with Crippen LogP contribution >= 0.6 is 0 Å². The van der Waals surface area contributed by atoms with Crippen LogP contribution in [0.5, 0.6) is 0 Å². The molecule has 1 N–H and O–H groups in total. The molecule has 1 aliphatic heterocycles. The molecule has 0 aromatic heterocycles. The minimum atomic E-state index is -3.16. The lowest BCUT2D eigenvalue weighted by molar-refractivity contribution is -0.0817. The molecular weight excluding hydrogens is 238 g/mol. The standard InChI is InChI=1S/C12H23NO3S/c1-10(2)17(15,16)13-8-7-12(14)6-4-3-5-11(12)9-13/h10-11,14H,3-9H2,1-2H3. The molecule has 0 spiro atoms. The van der Waals surface area contributed by atoms with Gasteiger partial charge in [-0.2, -0.15) is 0 Å². The fraction of sp³-hybridized carbons (Fsp3) is 1.00. The van der Waals surface area contributed by atoms with Gasteiger partial charge in [0.25, 0.3) is 0 Å². The highest BCUT2D eigenvalue weighted by molar-refractivity contribution is 7.89. The van der Waals surface area contributed by atoms with Crippen LogP contribution in [-0.4, -0.2) is 41.8 Å². The van der Waals surface area contributed by atoms with E-state index < -0.39 is 15.6 Å². The third-order valence-electron chi connectivity index (χ3n) is 4.35. The van der Waals surface area contributed by atoms with Crippen LogP contribution in [-0.2, 0) is 10.0 Å². The third kappa shape index (κ3) is 2.37. The fourth-order valence-electron chi connectivity index (χ4n) is 3.07. The molecule has 1 saturated heterocycles. The lowest BCUT2D eigenvalue weighted by Crippen LogP contribution is -2.55. The van der Waals surface area contributed by atoms with Gasteiger partial charge in [-0.15, -0.1) is 0 Å². The van der Waals surface area contributed by atoms with Gasteiger partial charge < -0.3 is 5.11 Å². The topological polar surface area (TPSA) is 57.6 Å². The lowest BCUT2D eigenvalue weighted by Gasteiger charge is -2.47. The molecule has 1 saturated carbocycles. The Labute approximate surface area is 104 Å². The highest BCUT2D eigenvalue weighted by atomic mass is 32.2. The van der Waals surface area contributed by atoms with Crippen molar-refractivity contribution in [1.82, 2.24) is 4.31 Å². The Balaban J connectivity index is 2.13. The van der Waals surface area contributed by atoms with Gasteiger partial charge in [0.15, 0.2) is 0 Å². The third-order valence-corrected chi connectivity index (χ3v) is 6.59. The Morgan fingerprint density at radius 3 is 2.65 bits per heavy atom. The van der Waals surface area contributed by atoms with Crippen molar-refractivity contribution in [3.8, 4) is 0 Å². The van der Waals surface area contributed by atoms with Gasteiger partial charge in [0.1, 0.15) is 0 Å². The summed E-state index contributed by atoms with van der Waals surface area (Å²) in [5.74, 6) is 0.138. The molecule has 2 unspecified atom stereocenters. The Morgan fingerprint density at radius 1 is 1.29 bits per heavy atom. The monoisotopic (exact) mass is 261 g/mol. The van der Waals surface area contributed by atoms with Crippen molar-refractivity contribution in [1.29, 1.82) is 0 Å². The molecular formula is C12H23NO3S. The summed E-state index contributed by atoms with van der Waals surface area (Å²) in [7, 11) is -3.16. The van der Waals surface area contributed by atoms with Crippen LogP contribution in [0, 0.1) is 5.92 Å². The highest BCUT2D eigenvalue weighted by Crippen LogP contribution is 2.40. The van der Waals surface area contributed by atoms with E-state index in [9.17, 15) is 13.5 Å². The normalized spacial score (nSPS) is 35.9. The van der Waals surface area contributed by atoms with E-state index in [1.807, 2.05) is 0 Å². The summed E-state index contributed by atoms with van der Waals surface area (Å²) in [6.07, 6.45) is 4.59. The molecule has 5 heteroatoms. The Bertz CT molecular complexity index is 379. The van der Waals surface area contributed by atoms with E-state index in [-0.39, 0.29) is 11.2 Å². The number of sulfonamides is 1. The fourth-order valence-corrected chi connectivity index (χ4v) is 4.40. The van der Waals surface area contributed by atoms with Crippen LogP contribution in [0.3, 0.4) is 0 Å². The predicted octanol–water partition coefficient (Wildman–Crippen LogP) is 1.35. The molecule has 0 radical (unpaired) electrons. The molecule has 2 atom stereocenters. The summed E-state index contributed by atoms with van der Waals surface area (Å²) < 4.78 is 25.8. The van der Waals surface area contributed by atoms with Crippen molar-refractivity contribution in [3.63, 3.8) is 0 Å². The van der Waals surface area contributed by atoms with Gasteiger partial charge in [0.2, 0.25) is 10.0 Å². The number of nitrogens with zero attached hydrogens (tertiary/aromatic N) is 1. The van der Waals surface area contributed by atoms with E-state index in [0.717, 1.165) is 25.7 Å². The number of rotatable bonds is 2. The molecule has 0 aromatic rings. The molecule has 1 heterocycles. The van der Waals surface area contributed by atoms with Gasteiger partial charge in [-0.1, -0.05) is 12.8 Å². The number of hydrogen-bond acceptors (Lipinski definition) is 3. The molecule has 17 heavy (non-hydrogen) atoms. The molecule has 100 valence electrons. The molecule has 2 rings (SSSR count). The average molecular weight is 261 g/mol. The van der Waals surface area contributed by atoms with Crippen molar-refractivity contribution in [2.24, 2.45) is 5.92 Å². The van der Waals surface area contributed by atoms with Crippen LogP contribution < -0.4 is 0 Å². The second-order valence-electron chi connectivity index (χ2n) is 5.75. The van der Waals surface area contributed by atoms with Gasteiger partial charge in [0, 0.05) is 19.0 Å². The first kappa shape index (κ1) is 13.3. The van der Waals surface area contributed by atoms with Crippen LogP contribution in [0.25, 0.3) is 0 Å². The van der Waals surface area contributed by atoms with E-state index in [1.54, 1.807) is 18.2 Å². The SMILES string of the molecule is CC(C)S(=O)(=O)N1CCC2(O)CCCCC2C1. The van der Waals surface area contributed by atoms with E-state index in [4.69, 9.17) is 0 Å². The van der Waals surface area contributed by atoms with Gasteiger partial charge >= 0.3 is 0 Å². The molecule has 0 bridgehead atoms. The molecule has 2 fully saturated rings. The highest BCUT2D eigenvalue weighted by Gasteiger charge is 2.45. The van der Waals surface area contributed by atoms with E-state index in [2.05, 4.69) is 0 Å². The summed E-state index contributed by atoms with van der Waals surface area (Å²) in [5, 5.41) is 10.1. The number of piperidine rings is 1. The number of fused-ring (bicyclic) bond motifs is 1. The quantitative estimate of drug-likeness (QED) is 0.816. The van der Waals surface area contributed by atoms with Crippen LogP contribution in [0.15, 0.2) is 0 Å². The largest absolute Gasteiger partial charge is 0.390 e. The number of aliphatic hydroxyl groups is 1. The predicted molar refractivity (Wildman–Crippen MR) is 67.2 cm³/mol. The first-order valence-electron chi connectivity index (χ1n) is 6.57. The summed E-state index contributed by atoms with van der Waals surface area (Å²) in [6.45, 7) is 4.43. The second kappa shape index (κ2) is 4.52. The van der Waals surface area contributed by atoms with Gasteiger partial charge in [-0.05, 0) is 33.1 Å². The average Bonchev–Trinajstić information content (AvgIpc) is 2.27. The zero-order valence-electron chi connectivity index (χ0n) is 10.7. The summed E-state index contributed by atoms with van der Waals surface area (Å²) >= 11 is 0. The Morgan fingerprint density at radius 2 is 2.00 bits per heavy atom. The molecule has 0 aromatic carbocycles. The van der Waals surface area contributed by atoms with Crippen molar-refractivity contribution >= 4 is 10.0 Å². The zero-order valence-corrected chi connectivity index (χ0v) is 11.5. The van der Waals surface area contributed by atoms with Gasteiger partial charge in [-0.3, -0.25) is 0 Å². The van der Waals surface area contributed by atoms with E-state index in [1.165, 1.54) is 0 Å². The smallest absolute Gasteiger partial charge is 0.216 e. The minimum Gasteiger partial charge on any atom is -0.390 e. The molecule has 0 amide bonds. The summed E-state index contributed by atoms with van der Waals surface area (Å²) in [4.78, 5) is 0. The summed E-state index contributed by atoms with van der Waals surface area (Å²) in [5.41, 5.74) is -0.596. The van der Waals surface area contributed by atoms with E-state index in [0.29, 0.717) is 19.5 Å². The maximum Gasteiger partial charge on any atom is 0.216 e. The molecule has 1 aliphatic carbocycles. The van der Waals surface area contributed by atoms with Gasteiger partial charge in [0.05, 0.1) is 10.9 Å². The van der Waals surface area contributed by atoms with Crippen molar-refractivity contribution in [2.75, 3.05) is 13.1 Å². The second-order valence-corrected chi connectivity index (χ2v) is 8.24. The van der Waals surface area contributed by atoms with Crippen LogP contribution in [0.4, 0.5) is 0 Å². The van der Waals surface area contributed by atoms with Crippen LogP contribution in [0.1, 0.15) is 46.0 Å². The van der Waals surface area contributed by atoms with Crippen molar-refractivity contribution in [3.05, 3.63) is 0 Å². The maximum absolute atomic E-state index is 12.1. The zero-order chi connectivity index (χ0) is 12.7. The lowest BCUT2D eigenvalue weighted by atomic mass is 9.72. The first-order valence-corrected chi connectivity index (χ1v) is 8.08. The Hall–Kier alpha value is -0.130. The van der Waals surface area contributed by atoms with Crippen LogP contribution in [0.2, 0.25) is 0 Å². The maximum atomic E-state index is 12.1. The summed E-state index contributed by atoms with van der Waals surface area (Å²) in [6, 6.07) is 0. The first-order chi connectivity index (χ1) is 7.86. The number of hydrogen-bond donors (Lipinski definition) is 1. The molecule has 2 aliphatic rings. The molecule has 4 nitrogen and oxygen atoms in total.